The maximum atomic E-state index is 12.4. The van der Waals surface area contributed by atoms with Gasteiger partial charge in [-0.05, 0) is 43.7 Å². The lowest BCUT2D eigenvalue weighted by molar-refractivity contribution is -0.147. The van der Waals surface area contributed by atoms with Gasteiger partial charge in [0.15, 0.2) is 0 Å². The van der Waals surface area contributed by atoms with E-state index in [0.29, 0.717) is 0 Å². The van der Waals surface area contributed by atoms with Crippen LogP contribution in [0.5, 0.6) is 0 Å². The molecule has 4 heteroatoms. The number of nitrogens with zero attached hydrogens (tertiary/aromatic N) is 2. The summed E-state index contributed by atoms with van der Waals surface area (Å²) < 4.78 is 7.49. The fourth-order valence-corrected chi connectivity index (χ4v) is 3.31. The largest absolute Gasteiger partial charge is 0.459 e. The molecule has 122 valence electrons. The van der Waals surface area contributed by atoms with Gasteiger partial charge in [-0.2, -0.15) is 0 Å². The summed E-state index contributed by atoms with van der Waals surface area (Å²) >= 11 is 0. The minimum Gasteiger partial charge on any atom is -0.459 e. The summed E-state index contributed by atoms with van der Waals surface area (Å²) in [4.78, 5) is 16.9. The molecule has 0 amide bonds. The van der Waals surface area contributed by atoms with E-state index in [1.807, 2.05) is 35.9 Å². The Morgan fingerprint density at radius 3 is 2.83 bits per heavy atom. The Morgan fingerprint density at radius 1 is 1.43 bits per heavy atom. The normalized spacial score (nSPS) is 22.0. The van der Waals surface area contributed by atoms with Crippen molar-refractivity contribution in [3.8, 4) is 0 Å². The first-order valence-corrected chi connectivity index (χ1v) is 8.05. The first kappa shape index (κ1) is 15.8. The highest BCUT2D eigenvalue weighted by Crippen LogP contribution is 2.59. The number of imidazole rings is 1. The van der Waals surface area contributed by atoms with Crippen LogP contribution in [0.4, 0.5) is 0 Å². The second-order valence-corrected chi connectivity index (χ2v) is 7.33. The van der Waals surface area contributed by atoms with Gasteiger partial charge in [0, 0.05) is 12.4 Å². The third-order valence-corrected chi connectivity index (χ3v) is 4.77. The molecule has 1 aliphatic carbocycles. The Labute approximate surface area is 137 Å². The lowest BCUT2D eigenvalue weighted by atomic mass is 10.1. The van der Waals surface area contributed by atoms with Crippen LogP contribution in [0.2, 0.25) is 0 Å². The highest BCUT2D eigenvalue weighted by Gasteiger charge is 2.61. The van der Waals surface area contributed by atoms with Crippen LogP contribution in [0.15, 0.2) is 36.2 Å². The molecule has 2 unspecified atom stereocenters. The number of aryl methyl sites for hydroxylation is 1. The van der Waals surface area contributed by atoms with Gasteiger partial charge < -0.3 is 9.14 Å². The molecule has 0 aliphatic heterocycles. The Balaban J connectivity index is 1.67. The molecule has 0 bridgehead atoms. The second kappa shape index (κ2) is 5.52. The predicted molar refractivity (Wildman–Crippen MR) is 89.9 cm³/mol. The van der Waals surface area contributed by atoms with Gasteiger partial charge in [-0.3, -0.25) is 4.79 Å². The minimum absolute atomic E-state index is 0.0101. The summed E-state index contributed by atoms with van der Waals surface area (Å²) in [5, 5.41) is 0. The van der Waals surface area contributed by atoms with E-state index in [2.05, 4.69) is 38.8 Å². The molecule has 0 saturated heterocycles. The van der Waals surface area contributed by atoms with Gasteiger partial charge in [-0.15, -0.1) is 0 Å². The van der Waals surface area contributed by atoms with E-state index in [4.69, 9.17) is 4.74 Å². The third kappa shape index (κ3) is 2.90. The van der Waals surface area contributed by atoms with E-state index in [1.54, 1.807) is 0 Å². The van der Waals surface area contributed by atoms with Crippen LogP contribution in [0, 0.1) is 24.2 Å². The summed E-state index contributed by atoms with van der Waals surface area (Å²) in [5.74, 6) is 0.116. The van der Waals surface area contributed by atoms with Gasteiger partial charge in [0.25, 0.3) is 0 Å². The highest BCUT2D eigenvalue weighted by molar-refractivity contribution is 5.78. The van der Waals surface area contributed by atoms with Crippen molar-refractivity contribution < 1.29 is 9.53 Å². The number of hydrogen-bond donors (Lipinski definition) is 0. The molecule has 2 aromatic rings. The van der Waals surface area contributed by atoms with Crippen LogP contribution >= 0.6 is 0 Å². The number of esters is 1. The summed E-state index contributed by atoms with van der Waals surface area (Å²) in [6, 6.07) is 4.01. The number of rotatable bonds is 4. The summed E-state index contributed by atoms with van der Waals surface area (Å²) in [6.07, 6.45) is 6.05. The molecule has 0 aromatic carbocycles. The molecule has 1 saturated carbocycles. The van der Waals surface area contributed by atoms with E-state index in [9.17, 15) is 4.79 Å². The minimum atomic E-state index is -0.119. The van der Waals surface area contributed by atoms with Crippen LogP contribution < -0.4 is 0 Å². The van der Waals surface area contributed by atoms with E-state index >= 15 is 0 Å². The van der Waals surface area contributed by atoms with Crippen LogP contribution in [-0.2, 0) is 16.1 Å². The number of fused-ring (bicyclic) bond motifs is 1. The number of carbonyl (C=O) groups is 1. The molecule has 2 heterocycles. The van der Waals surface area contributed by atoms with Gasteiger partial charge in [-0.1, -0.05) is 31.6 Å². The van der Waals surface area contributed by atoms with Crippen LogP contribution in [0.25, 0.3) is 5.65 Å². The van der Waals surface area contributed by atoms with Gasteiger partial charge >= 0.3 is 5.97 Å². The molecule has 0 N–H and O–H groups in total. The van der Waals surface area contributed by atoms with E-state index in [1.165, 1.54) is 5.57 Å². The second-order valence-electron chi connectivity index (χ2n) is 7.33. The van der Waals surface area contributed by atoms with E-state index < -0.39 is 0 Å². The summed E-state index contributed by atoms with van der Waals surface area (Å²) in [5.41, 5.74) is 4.04. The van der Waals surface area contributed by atoms with Crippen LogP contribution in [-0.4, -0.2) is 15.4 Å². The molecule has 1 aliphatic rings. The van der Waals surface area contributed by atoms with Crippen molar-refractivity contribution in [2.45, 2.75) is 41.2 Å². The van der Waals surface area contributed by atoms with E-state index in [-0.39, 0.29) is 29.8 Å². The van der Waals surface area contributed by atoms with Gasteiger partial charge in [0.2, 0.25) is 0 Å². The molecule has 3 rings (SSSR count). The number of hydrogen-bond acceptors (Lipinski definition) is 3. The van der Waals surface area contributed by atoms with Crippen LogP contribution in [0.1, 0.15) is 39.0 Å². The summed E-state index contributed by atoms with van der Waals surface area (Å²) in [7, 11) is 0. The molecular weight excluding hydrogens is 288 g/mol. The van der Waals surface area contributed by atoms with E-state index in [0.717, 1.165) is 16.9 Å². The molecule has 2 atom stereocenters. The number of carbonyl (C=O) groups excluding carboxylic acids is 1. The molecule has 4 nitrogen and oxygen atoms in total. The maximum Gasteiger partial charge on any atom is 0.310 e. The number of aromatic nitrogens is 2. The molecule has 2 aromatic heterocycles. The van der Waals surface area contributed by atoms with Crippen molar-refractivity contribution in [2.75, 3.05) is 0 Å². The number of ether oxygens (including phenoxy) is 1. The Morgan fingerprint density at radius 2 is 2.17 bits per heavy atom. The molecule has 0 spiro atoms. The van der Waals surface area contributed by atoms with Crippen molar-refractivity contribution in [3.05, 3.63) is 47.4 Å². The molecular formula is C19H24N2O2. The zero-order valence-electron chi connectivity index (χ0n) is 14.5. The topological polar surface area (TPSA) is 43.6 Å². The maximum absolute atomic E-state index is 12.4. The lowest BCUT2D eigenvalue weighted by Gasteiger charge is -2.03. The fourth-order valence-electron chi connectivity index (χ4n) is 3.31. The highest BCUT2D eigenvalue weighted by atomic mass is 16.5. The number of allylic oxidation sites excluding steroid dienone is 2. The fraction of sp³-hybridized carbons (Fsp3) is 0.474. The Bertz CT molecular complexity index is 782. The predicted octanol–water partition coefficient (Wildman–Crippen LogP) is 3.92. The zero-order chi connectivity index (χ0) is 16.8. The zero-order valence-corrected chi connectivity index (χ0v) is 14.5. The first-order chi connectivity index (χ1) is 10.8. The summed E-state index contributed by atoms with van der Waals surface area (Å²) in [6.45, 7) is 10.6. The first-order valence-electron chi connectivity index (χ1n) is 8.05. The Hall–Kier alpha value is -2.10. The SMILES string of the molecule is CC(C)=CC1C(C(=O)OCc2cn3cccc(C)c3n2)C1(C)C. The number of pyridine rings is 1. The lowest BCUT2D eigenvalue weighted by Crippen LogP contribution is -2.10. The van der Waals surface area contributed by atoms with Crippen molar-refractivity contribution in [2.24, 2.45) is 17.3 Å². The van der Waals surface area contributed by atoms with Crippen molar-refractivity contribution in [1.29, 1.82) is 0 Å². The van der Waals surface area contributed by atoms with Crippen molar-refractivity contribution in [3.63, 3.8) is 0 Å². The average molecular weight is 312 g/mol. The van der Waals surface area contributed by atoms with Gasteiger partial charge in [0.05, 0.1) is 11.6 Å². The standard InChI is InChI=1S/C19H24N2O2/c1-12(2)9-15-16(19(15,4)5)18(22)23-11-14-10-21-8-6-7-13(3)17(21)20-14/h6-10,15-16H,11H2,1-5H3. The smallest absolute Gasteiger partial charge is 0.310 e. The average Bonchev–Trinajstić information content (AvgIpc) is 2.84. The van der Waals surface area contributed by atoms with Gasteiger partial charge in [-0.25, -0.2) is 4.98 Å². The van der Waals surface area contributed by atoms with Gasteiger partial charge in [0.1, 0.15) is 12.3 Å². The molecule has 0 radical (unpaired) electrons. The monoisotopic (exact) mass is 312 g/mol. The quantitative estimate of drug-likeness (QED) is 0.635. The van der Waals surface area contributed by atoms with Crippen molar-refractivity contribution in [1.82, 2.24) is 9.38 Å². The van der Waals surface area contributed by atoms with Crippen molar-refractivity contribution >= 4 is 11.6 Å². The third-order valence-electron chi connectivity index (χ3n) is 4.77. The van der Waals surface area contributed by atoms with Crippen LogP contribution in [0.3, 0.4) is 0 Å². The molecule has 1 fully saturated rings. The Kier molecular flexibility index (Phi) is 3.78. The molecule has 23 heavy (non-hydrogen) atoms.